The number of hydrogen-bond donors (Lipinski definition) is 2. The van der Waals surface area contributed by atoms with Crippen molar-refractivity contribution in [2.75, 3.05) is 37.0 Å². The Morgan fingerprint density at radius 3 is 2.20 bits per heavy atom. The topological polar surface area (TPSA) is 83.6 Å². The summed E-state index contributed by atoms with van der Waals surface area (Å²) in [6.07, 6.45) is -0.969. The molecule has 1 heterocycles. The summed E-state index contributed by atoms with van der Waals surface area (Å²) in [7, 11) is 3.62. The van der Waals surface area contributed by atoms with Crippen LogP contribution in [0.5, 0.6) is 0 Å². The molecular formula is C14H22N4O2. The van der Waals surface area contributed by atoms with E-state index in [-0.39, 0.29) is 0 Å². The van der Waals surface area contributed by atoms with Crippen molar-refractivity contribution in [1.29, 1.82) is 5.26 Å². The molecule has 6 nitrogen and oxygen atoms in total. The monoisotopic (exact) mass is 278 g/mol. The molecule has 0 aliphatic rings. The molecule has 0 fully saturated rings. The van der Waals surface area contributed by atoms with E-state index in [1.54, 1.807) is 37.9 Å². The SMILES string of the molecule is CC(O)CN(C)c1ccc(C#N)c(N(C)CC(C)O)n1. The number of likely N-dealkylation sites (N-methyl/N-ethyl adjacent to an activating group) is 2. The molecule has 110 valence electrons. The molecule has 0 aliphatic heterocycles. The number of hydrogen-bond acceptors (Lipinski definition) is 6. The summed E-state index contributed by atoms with van der Waals surface area (Å²) in [5.74, 6) is 1.21. The molecule has 6 heteroatoms. The van der Waals surface area contributed by atoms with Crippen LogP contribution in [0.2, 0.25) is 0 Å². The summed E-state index contributed by atoms with van der Waals surface area (Å²) in [6.45, 7) is 4.25. The van der Waals surface area contributed by atoms with Crippen molar-refractivity contribution in [3.63, 3.8) is 0 Å². The number of anilines is 2. The van der Waals surface area contributed by atoms with Gasteiger partial charge in [-0.3, -0.25) is 0 Å². The Balaban J connectivity index is 3.05. The van der Waals surface area contributed by atoms with Crippen LogP contribution in [0.3, 0.4) is 0 Å². The molecule has 1 aromatic heterocycles. The lowest BCUT2D eigenvalue weighted by Crippen LogP contribution is -2.30. The highest BCUT2D eigenvalue weighted by Gasteiger charge is 2.14. The molecule has 0 amide bonds. The highest BCUT2D eigenvalue weighted by atomic mass is 16.3. The third kappa shape index (κ3) is 4.37. The molecular weight excluding hydrogens is 256 g/mol. The standard InChI is InChI=1S/C14H22N4O2/c1-10(19)8-17(3)13-6-5-12(7-15)14(16-13)18(4)9-11(2)20/h5-6,10-11,19-20H,8-9H2,1-4H3. The minimum atomic E-state index is -0.507. The zero-order valence-corrected chi connectivity index (χ0v) is 12.4. The highest BCUT2D eigenvalue weighted by molar-refractivity contribution is 5.58. The van der Waals surface area contributed by atoms with Gasteiger partial charge in [0.2, 0.25) is 0 Å². The maximum Gasteiger partial charge on any atom is 0.148 e. The summed E-state index contributed by atoms with van der Waals surface area (Å²) in [5, 5.41) is 28.0. The Bertz CT molecular complexity index is 483. The van der Waals surface area contributed by atoms with Crippen molar-refractivity contribution in [2.24, 2.45) is 0 Å². The zero-order chi connectivity index (χ0) is 15.3. The Morgan fingerprint density at radius 1 is 1.15 bits per heavy atom. The van der Waals surface area contributed by atoms with E-state index in [0.29, 0.717) is 30.3 Å². The Kier molecular flexibility index (Phi) is 5.74. The normalized spacial score (nSPS) is 13.4. The molecule has 2 unspecified atom stereocenters. The van der Waals surface area contributed by atoms with Crippen LogP contribution in [-0.4, -0.2) is 54.6 Å². The van der Waals surface area contributed by atoms with Crippen LogP contribution < -0.4 is 9.80 Å². The Hall–Kier alpha value is -1.84. The van der Waals surface area contributed by atoms with Gasteiger partial charge in [-0.1, -0.05) is 0 Å². The lowest BCUT2D eigenvalue weighted by Gasteiger charge is -2.24. The minimum absolute atomic E-state index is 0.394. The predicted octanol–water partition coefficient (Wildman–Crippen LogP) is 0.587. The molecule has 1 aromatic rings. The van der Waals surface area contributed by atoms with Crippen LogP contribution in [-0.2, 0) is 0 Å². The van der Waals surface area contributed by atoms with Crippen LogP contribution in [0, 0.1) is 11.3 Å². The Labute approximate surface area is 119 Å². The van der Waals surface area contributed by atoms with Gasteiger partial charge in [0.15, 0.2) is 0 Å². The molecule has 1 rings (SSSR count). The van der Waals surface area contributed by atoms with Gasteiger partial charge < -0.3 is 20.0 Å². The number of nitrogens with zero attached hydrogens (tertiary/aromatic N) is 4. The molecule has 2 atom stereocenters. The lowest BCUT2D eigenvalue weighted by molar-refractivity contribution is 0.201. The summed E-state index contributed by atoms with van der Waals surface area (Å²) in [4.78, 5) is 8.03. The summed E-state index contributed by atoms with van der Waals surface area (Å²) < 4.78 is 0. The van der Waals surface area contributed by atoms with E-state index in [4.69, 9.17) is 5.26 Å². The molecule has 0 aromatic carbocycles. The number of rotatable bonds is 6. The first-order valence-corrected chi connectivity index (χ1v) is 6.54. The fourth-order valence-corrected chi connectivity index (χ4v) is 2.00. The van der Waals surface area contributed by atoms with Gasteiger partial charge in [0.1, 0.15) is 17.7 Å². The van der Waals surface area contributed by atoms with Gasteiger partial charge in [0, 0.05) is 27.2 Å². The number of aliphatic hydroxyl groups is 2. The molecule has 2 N–H and O–H groups in total. The van der Waals surface area contributed by atoms with Crippen LogP contribution in [0.4, 0.5) is 11.6 Å². The first kappa shape index (κ1) is 16.2. The second-order valence-electron chi connectivity index (χ2n) is 5.11. The predicted molar refractivity (Wildman–Crippen MR) is 78.9 cm³/mol. The average molecular weight is 278 g/mol. The van der Waals surface area contributed by atoms with Gasteiger partial charge in [0.25, 0.3) is 0 Å². The third-order valence-electron chi connectivity index (χ3n) is 2.81. The second-order valence-corrected chi connectivity index (χ2v) is 5.11. The maximum atomic E-state index is 9.45. The summed E-state index contributed by atoms with van der Waals surface area (Å²) in [5.41, 5.74) is 0.461. The molecule has 0 bridgehead atoms. The van der Waals surface area contributed by atoms with Crippen LogP contribution >= 0.6 is 0 Å². The van der Waals surface area contributed by atoms with Gasteiger partial charge in [-0.2, -0.15) is 5.26 Å². The fourth-order valence-electron chi connectivity index (χ4n) is 2.00. The molecule has 20 heavy (non-hydrogen) atoms. The van der Waals surface area contributed by atoms with Crippen molar-refractivity contribution in [3.05, 3.63) is 17.7 Å². The van der Waals surface area contributed by atoms with Gasteiger partial charge >= 0.3 is 0 Å². The van der Waals surface area contributed by atoms with Crippen molar-refractivity contribution >= 4 is 11.6 Å². The average Bonchev–Trinajstić information content (AvgIpc) is 2.36. The zero-order valence-electron chi connectivity index (χ0n) is 12.4. The van der Waals surface area contributed by atoms with Crippen molar-refractivity contribution in [2.45, 2.75) is 26.1 Å². The van der Waals surface area contributed by atoms with E-state index in [1.165, 1.54) is 0 Å². The minimum Gasteiger partial charge on any atom is -0.392 e. The number of aromatic nitrogens is 1. The van der Waals surface area contributed by atoms with Crippen LogP contribution in [0.15, 0.2) is 12.1 Å². The molecule has 0 aliphatic carbocycles. The maximum absolute atomic E-state index is 9.45. The molecule has 0 spiro atoms. The number of pyridine rings is 1. The third-order valence-corrected chi connectivity index (χ3v) is 2.81. The lowest BCUT2D eigenvalue weighted by atomic mass is 10.2. The Morgan fingerprint density at radius 2 is 1.70 bits per heavy atom. The van der Waals surface area contributed by atoms with Gasteiger partial charge in [-0.05, 0) is 26.0 Å². The first-order chi connectivity index (χ1) is 9.35. The number of aliphatic hydroxyl groups excluding tert-OH is 2. The summed E-state index contributed by atoms with van der Waals surface area (Å²) >= 11 is 0. The van der Waals surface area contributed by atoms with Crippen molar-refractivity contribution < 1.29 is 10.2 Å². The highest BCUT2D eigenvalue weighted by Crippen LogP contribution is 2.21. The van der Waals surface area contributed by atoms with Crippen molar-refractivity contribution in [1.82, 2.24) is 4.98 Å². The van der Waals surface area contributed by atoms with Gasteiger partial charge in [-0.25, -0.2) is 4.98 Å². The molecule has 0 radical (unpaired) electrons. The van der Waals surface area contributed by atoms with E-state index in [0.717, 1.165) is 0 Å². The number of nitriles is 1. The second kappa shape index (κ2) is 7.08. The van der Waals surface area contributed by atoms with E-state index in [9.17, 15) is 10.2 Å². The van der Waals surface area contributed by atoms with Crippen LogP contribution in [0.25, 0.3) is 0 Å². The quantitative estimate of drug-likeness (QED) is 0.792. The van der Waals surface area contributed by atoms with E-state index in [1.807, 2.05) is 11.9 Å². The van der Waals surface area contributed by atoms with Gasteiger partial charge in [-0.15, -0.1) is 0 Å². The summed E-state index contributed by atoms with van der Waals surface area (Å²) in [6, 6.07) is 5.56. The van der Waals surface area contributed by atoms with Gasteiger partial charge in [0.05, 0.1) is 17.8 Å². The smallest absolute Gasteiger partial charge is 0.148 e. The van der Waals surface area contributed by atoms with E-state index >= 15 is 0 Å². The molecule has 0 saturated heterocycles. The first-order valence-electron chi connectivity index (χ1n) is 6.54. The largest absolute Gasteiger partial charge is 0.392 e. The molecule has 0 saturated carbocycles. The van der Waals surface area contributed by atoms with E-state index < -0.39 is 12.2 Å². The van der Waals surface area contributed by atoms with Crippen molar-refractivity contribution in [3.8, 4) is 6.07 Å². The van der Waals surface area contributed by atoms with Crippen LogP contribution in [0.1, 0.15) is 19.4 Å². The fraction of sp³-hybridized carbons (Fsp3) is 0.571. The van der Waals surface area contributed by atoms with E-state index in [2.05, 4.69) is 11.1 Å².